The highest BCUT2D eigenvalue weighted by Crippen LogP contribution is 2.20. The van der Waals surface area contributed by atoms with E-state index < -0.39 is 15.1 Å². The number of aromatic nitrogens is 5. The fourth-order valence-electron chi connectivity index (χ4n) is 2.24. The molecule has 1 aliphatic rings. The Labute approximate surface area is 121 Å². The highest BCUT2D eigenvalue weighted by molar-refractivity contribution is 7.92. The Balaban J connectivity index is 1.77. The Kier molecular flexibility index (Phi) is 3.45. The average Bonchev–Trinajstić information content (AvgIpc) is 3.05. The highest BCUT2D eigenvalue weighted by atomic mass is 32.2. The zero-order valence-corrected chi connectivity index (χ0v) is 12.0. The van der Waals surface area contributed by atoms with Gasteiger partial charge in [-0.15, -0.1) is 0 Å². The molecule has 21 heavy (non-hydrogen) atoms. The van der Waals surface area contributed by atoms with Gasteiger partial charge in [-0.1, -0.05) is 0 Å². The second-order valence-corrected chi connectivity index (χ2v) is 7.18. The summed E-state index contributed by atoms with van der Waals surface area (Å²) < 4.78 is 25.0. The van der Waals surface area contributed by atoms with Crippen molar-refractivity contribution >= 4 is 21.7 Å². The number of nitrogens with zero attached hydrogens (tertiary/aromatic N) is 5. The lowest BCUT2D eigenvalue weighted by Gasteiger charge is -2.11. The van der Waals surface area contributed by atoms with Crippen molar-refractivity contribution in [2.24, 2.45) is 0 Å². The minimum Gasteiger partial charge on any atom is -0.368 e. The molecule has 2 aromatic rings. The molecule has 0 saturated carbocycles. The fraction of sp³-hybridized carbons (Fsp3) is 0.455. The summed E-state index contributed by atoms with van der Waals surface area (Å²) >= 11 is 0. The summed E-state index contributed by atoms with van der Waals surface area (Å²) in [5, 5.41) is 6.54. The van der Waals surface area contributed by atoms with Crippen LogP contribution in [0.3, 0.4) is 0 Å². The molecule has 0 bridgehead atoms. The molecule has 0 radical (unpaired) electrons. The zero-order valence-electron chi connectivity index (χ0n) is 11.2. The summed E-state index contributed by atoms with van der Waals surface area (Å²) in [4.78, 5) is 12.1. The summed E-state index contributed by atoms with van der Waals surface area (Å²) in [6.45, 7) is 0.268. The van der Waals surface area contributed by atoms with Crippen LogP contribution in [0.5, 0.6) is 0 Å². The second kappa shape index (κ2) is 5.28. The maximum atomic E-state index is 11.8. The molecular formula is C11H15N7O2S. The van der Waals surface area contributed by atoms with Crippen molar-refractivity contribution in [3.63, 3.8) is 0 Å². The van der Waals surface area contributed by atoms with Crippen LogP contribution in [0, 0.1) is 0 Å². The van der Waals surface area contributed by atoms with Crippen LogP contribution in [0.25, 0.3) is 5.95 Å². The molecule has 3 N–H and O–H groups in total. The maximum absolute atomic E-state index is 11.8. The molecule has 3 rings (SSSR count). The van der Waals surface area contributed by atoms with Gasteiger partial charge >= 0.3 is 0 Å². The quantitative estimate of drug-likeness (QED) is 0.782. The van der Waals surface area contributed by atoms with E-state index in [-0.39, 0.29) is 30.1 Å². The first kappa shape index (κ1) is 13.7. The van der Waals surface area contributed by atoms with E-state index in [9.17, 15) is 8.42 Å². The number of hydrogen-bond donors (Lipinski definition) is 2. The minimum absolute atomic E-state index is 0.0484. The monoisotopic (exact) mass is 309 g/mol. The molecule has 112 valence electrons. The molecule has 1 atom stereocenters. The standard InChI is InChI=1S/C11H15N7O2S/c12-9-15-10(13-7-8-3-1-6-21(8,19)20)17-11(16-9)18-5-2-4-14-18/h2,4-5,8H,1,3,6-7H2,(H3,12,13,15,16,17). The van der Waals surface area contributed by atoms with E-state index in [1.54, 1.807) is 18.5 Å². The van der Waals surface area contributed by atoms with Gasteiger partial charge in [0.15, 0.2) is 9.84 Å². The van der Waals surface area contributed by atoms with Gasteiger partial charge in [0.2, 0.25) is 11.9 Å². The molecule has 1 fully saturated rings. The fourth-order valence-corrected chi connectivity index (χ4v) is 4.01. The van der Waals surface area contributed by atoms with Gasteiger partial charge in [-0.2, -0.15) is 20.1 Å². The number of hydrogen-bond acceptors (Lipinski definition) is 8. The SMILES string of the molecule is Nc1nc(NCC2CCCS2(=O)=O)nc(-n2cccn2)n1. The Bertz CT molecular complexity index is 729. The number of sulfone groups is 1. The second-order valence-electron chi connectivity index (χ2n) is 4.78. The van der Waals surface area contributed by atoms with Gasteiger partial charge in [0, 0.05) is 18.9 Å². The molecule has 3 heterocycles. The van der Waals surface area contributed by atoms with E-state index >= 15 is 0 Å². The van der Waals surface area contributed by atoms with E-state index in [4.69, 9.17) is 5.73 Å². The Morgan fingerprint density at radius 3 is 2.90 bits per heavy atom. The summed E-state index contributed by atoms with van der Waals surface area (Å²) in [5.74, 6) is 0.823. The predicted molar refractivity (Wildman–Crippen MR) is 76.7 cm³/mol. The molecule has 0 aliphatic carbocycles. The normalized spacial score (nSPS) is 20.5. The molecule has 2 aromatic heterocycles. The zero-order chi connectivity index (χ0) is 14.9. The Morgan fingerprint density at radius 1 is 1.38 bits per heavy atom. The molecule has 0 amide bonds. The Hall–Kier alpha value is -2.23. The molecular weight excluding hydrogens is 294 g/mol. The molecule has 1 unspecified atom stereocenters. The number of anilines is 2. The largest absolute Gasteiger partial charge is 0.368 e. The molecule has 1 saturated heterocycles. The number of nitrogen functional groups attached to an aromatic ring is 1. The summed E-state index contributed by atoms with van der Waals surface area (Å²) in [5.41, 5.74) is 5.64. The highest BCUT2D eigenvalue weighted by Gasteiger charge is 2.31. The van der Waals surface area contributed by atoms with Gasteiger partial charge in [-0.3, -0.25) is 0 Å². The molecule has 9 nitrogen and oxygen atoms in total. The van der Waals surface area contributed by atoms with Crippen molar-refractivity contribution in [1.82, 2.24) is 24.7 Å². The lowest BCUT2D eigenvalue weighted by atomic mass is 10.2. The van der Waals surface area contributed by atoms with Crippen LogP contribution < -0.4 is 11.1 Å². The van der Waals surface area contributed by atoms with E-state index in [1.807, 2.05) is 0 Å². The van der Waals surface area contributed by atoms with Gasteiger partial charge < -0.3 is 11.1 Å². The topological polar surface area (TPSA) is 129 Å². The molecule has 0 spiro atoms. The predicted octanol–water partition coefficient (Wildman–Crippen LogP) is -0.371. The Morgan fingerprint density at radius 2 is 2.24 bits per heavy atom. The first-order chi connectivity index (χ1) is 10.0. The van der Waals surface area contributed by atoms with Crippen LogP contribution >= 0.6 is 0 Å². The van der Waals surface area contributed by atoms with Crippen LogP contribution in [0.1, 0.15) is 12.8 Å². The van der Waals surface area contributed by atoms with Crippen molar-refractivity contribution < 1.29 is 8.42 Å². The van der Waals surface area contributed by atoms with E-state index in [2.05, 4.69) is 25.4 Å². The number of nitrogens with one attached hydrogen (secondary N) is 1. The van der Waals surface area contributed by atoms with Gasteiger partial charge in [-0.05, 0) is 18.9 Å². The molecule has 0 aromatic carbocycles. The first-order valence-electron chi connectivity index (χ1n) is 6.51. The van der Waals surface area contributed by atoms with Crippen molar-refractivity contribution in [2.45, 2.75) is 18.1 Å². The molecule has 1 aliphatic heterocycles. The van der Waals surface area contributed by atoms with Crippen LogP contribution in [-0.4, -0.2) is 50.7 Å². The summed E-state index contributed by atoms with van der Waals surface area (Å²) in [6, 6.07) is 1.73. The van der Waals surface area contributed by atoms with Gasteiger partial charge in [0.05, 0.1) is 11.0 Å². The average molecular weight is 309 g/mol. The maximum Gasteiger partial charge on any atom is 0.257 e. The number of rotatable bonds is 4. The lowest BCUT2D eigenvalue weighted by Crippen LogP contribution is -2.26. The third-order valence-corrected chi connectivity index (χ3v) is 5.58. The van der Waals surface area contributed by atoms with Crippen molar-refractivity contribution in [2.75, 3.05) is 23.3 Å². The first-order valence-corrected chi connectivity index (χ1v) is 8.23. The van der Waals surface area contributed by atoms with E-state index in [0.717, 1.165) is 0 Å². The van der Waals surface area contributed by atoms with Crippen molar-refractivity contribution in [3.8, 4) is 5.95 Å². The third-order valence-electron chi connectivity index (χ3n) is 3.30. The van der Waals surface area contributed by atoms with Crippen molar-refractivity contribution in [3.05, 3.63) is 18.5 Å². The minimum atomic E-state index is -3.00. The van der Waals surface area contributed by atoms with Gasteiger partial charge in [-0.25, -0.2) is 13.1 Å². The third kappa shape index (κ3) is 2.94. The van der Waals surface area contributed by atoms with Gasteiger partial charge in [0.1, 0.15) is 0 Å². The van der Waals surface area contributed by atoms with Crippen molar-refractivity contribution in [1.29, 1.82) is 0 Å². The van der Waals surface area contributed by atoms with E-state index in [1.165, 1.54) is 4.68 Å². The van der Waals surface area contributed by atoms with E-state index in [0.29, 0.717) is 12.8 Å². The van der Waals surface area contributed by atoms with Gasteiger partial charge in [0.25, 0.3) is 5.95 Å². The lowest BCUT2D eigenvalue weighted by molar-refractivity contribution is 0.591. The van der Waals surface area contributed by atoms with Crippen LogP contribution in [0.2, 0.25) is 0 Å². The van der Waals surface area contributed by atoms with Crippen LogP contribution in [0.4, 0.5) is 11.9 Å². The number of nitrogens with two attached hydrogens (primary N) is 1. The summed E-state index contributed by atoms with van der Waals surface area (Å²) in [7, 11) is -3.00. The molecule has 10 heteroatoms. The van der Waals surface area contributed by atoms with Crippen LogP contribution in [0.15, 0.2) is 18.5 Å². The summed E-state index contributed by atoms with van der Waals surface area (Å²) in [6.07, 6.45) is 4.63. The van der Waals surface area contributed by atoms with Crippen LogP contribution in [-0.2, 0) is 9.84 Å². The smallest absolute Gasteiger partial charge is 0.257 e.